The van der Waals surface area contributed by atoms with Crippen molar-refractivity contribution in [3.63, 3.8) is 0 Å². The molecule has 0 aliphatic carbocycles. The molecule has 2 aromatic heterocycles. The third kappa shape index (κ3) is 2.85. The highest BCUT2D eigenvalue weighted by atomic mass is 35.5. The molecule has 4 rings (SSSR count). The van der Waals surface area contributed by atoms with Gasteiger partial charge in [0.25, 0.3) is 0 Å². The van der Waals surface area contributed by atoms with E-state index in [0.717, 1.165) is 47.3 Å². The molecule has 5 nitrogen and oxygen atoms in total. The molecule has 0 unspecified atom stereocenters. The quantitative estimate of drug-likeness (QED) is 0.701. The highest BCUT2D eigenvalue weighted by Crippen LogP contribution is 2.31. The van der Waals surface area contributed by atoms with Crippen LogP contribution in [0.1, 0.15) is 17.0 Å². The van der Waals surface area contributed by atoms with Crippen LogP contribution in [-0.2, 0) is 13.0 Å². The zero-order valence-electron chi connectivity index (χ0n) is 13.1. The first-order valence-electron chi connectivity index (χ1n) is 7.68. The fourth-order valence-electron chi connectivity index (χ4n) is 3.02. The first-order chi connectivity index (χ1) is 11.6. The van der Waals surface area contributed by atoms with Crippen molar-refractivity contribution in [1.29, 1.82) is 0 Å². The van der Waals surface area contributed by atoms with Crippen LogP contribution in [0.5, 0.6) is 0 Å². The number of anilines is 1. The lowest BCUT2D eigenvalue weighted by atomic mass is 10.0. The molecule has 3 heterocycles. The standard InChI is InChI=1S/C17H15Cl2N5/c1-10-8-15(21-17(19)20-10)24-7-6-14-13(9-24)16(23-22-14)11-2-4-12(18)5-3-11/h2-5,8H,6-7,9H2,1H3,(H,22,23). The Morgan fingerprint density at radius 3 is 2.67 bits per heavy atom. The number of H-pyrrole nitrogens is 1. The predicted molar refractivity (Wildman–Crippen MR) is 95.6 cm³/mol. The van der Waals surface area contributed by atoms with Crippen molar-refractivity contribution in [3.05, 3.63) is 57.6 Å². The van der Waals surface area contributed by atoms with Gasteiger partial charge in [-0.05, 0) is 30.7 Å². The van der Waals surface area contributed by atoms with Gasteiger partial charge in [0.2, 0.25) is 5.28 Å². The highest BCUT2D eigenvalue weighted by Gasteiger charge is 2.24. The number of nitrogens with one attached hydrogen (secondary N) is 1. The number of nitrogens with zero attached hydrogens (tertiary/aromatic N) is 4. The summed E-state index contributed by atoms with van der Waals surface area (Å²) in [5.41, 5.74) is 5.24. The number of aryl methyl sites for hydroxylation is 1. The van der Waals surface area contributed by atoms with Crippen molar-refractivity contribution in [3.8, 4) is 11.3 Å². The summed E-state index contributed by atoms with van der Waals surface area (Å²) < 4.78 is 0. The Bertz CT molecular complexity index is 868. The van der Waals surface area contributed by atoms with Gasteiger partial charge in [0, 0.05) is 53.1 Å². The topological polar surface area (TPSA) is 57.7 Å². The maximum atomic E-state index is 6.01. The average Bonchev–Trinajstić information content (AvgIpc) is 2.98. The molecule has 7 heteroatoms. The Hall–Kier alpha value is -2.11. The van der Waals surface area contributed by atoms with E-state index >= 15 is 0 Å². The second-order valence-corrected chi connectivity index (χ2v) is 6.62. The van der Waals surface area contributed by atoms with Crippen LogP contribution in [0.3, 0.4) is 0 Å². The van der Waals surface area contributed by atoms with Crippen LogP contribution < -0.4 is 4.90 Å². The van der Waals surface area contributed by atoms with E-state index in [1.54, 1.807) is 0 Å². The highest BCUT2D eigenvalue weighted by molar-refractivity contribution is 6.30. The van der Waals surface area contributed by atoms with Crippen LogP contribution in [0.4, 0.5) is 5.82 Å². The van der Waals surface area contributed by atoms with E-state index in [1.807, 2.05) is 37.3 Å². The number of hydrogen-bond donors (Lipinski definition) is 1. The van der Waals surface area contributed by atoms with E-state index in [0.29, 0.717) is 0 Å². The average molecular weight is 360 g/mol. The molecule has 0 saturated carbocycles. The lowest BCUT2D eigenvalue weighted by Crippen LogP contribution is -2.31. The maximum absolute atomic E-state index is 6.01. The third-order valence-corrected chi connectivity index (χ3v) is 4.61. The number of rotatable bonds is 2. The molecule has 0 atom stereocenters. The van der Waals surface area contributed by atoms with Crippen LogP contribution in [-0.4, -0.2) is 26.7 Å². The summed E-state index contributed by atoms with van der Waals surface area (Å²) >= 11 is 12.0. The minimum atomic E-state index is 0.279. The van der Waals surface area contributed by atoms with Crippen LogP contribution in [0.25, 0.3) is 11.3 Å². The van der Waals surface area contributed by atoms with Gasteiger partial charge in [-0.25, -0.2) is 9.97 Å². The maximum Gasteiger partial charge on any atom is 0.224 e. The van der Waals surface area contributed by atoms with Crippen molar-refractivity contribution in [2.24, 2.45) is 0 Å². The van der Waals surface area contributed by atoms with Crippen LogP contribution in [0.15, 0.2) is 30.3 Å². The molecular weight excluding hydrogens is 345 g/mol. The summed E-state index contributed by atoms with van der Waals surface area (Å²) in [5, 5.41) is 8.67. The number of fused-ring (bicyclic) bond motifs is 1. The molecule has 0 spiro atoms. The number of hydrogen-bond acceptors (Lipinski definition) is 4. The minimum Gasteiger partial charge on any atom is -0.352 e. The molecule has 1 aromatic carbocycles. The van der Waals surface area contributed by atoms with E-state index < -0.39 is 0 Å². The van der Waals surface area contributed by atoms with Crippen LogP contribution in [0, 0.1) is 6.92 Å². The largest absolute Gasteiger partial charge is 0.352 e. The molecule has 3 aromatic rings. The van der Waals surface area contributed by atoms with Crippen molar-refractivity contribution in [2.75, 3.05) is 11.4 Å². The first kappa shape index (κ1) is 15.4. The molecule has 122 valence electrons. The summed E-state index contributed by atoms with van der Waals surface area (Å²) in [6.07, 6.45) is 0.886. The molecule has 1 aliphatic rings. The third-order valence-electron chi connectivity index (χ3n) is 4.19. The number of benzene rings is 1. The van der Waals surface area contributed by atoms with Crippen molar-refractivity contribution in [2.45, 2.75) is 19.9 Å². The summed E-state index contributed by atoms with van der Waals surface area (Å²) in [7, 11) is 0. The lowest BCUT2D eigenvalue weighted by molar-refractivity contribution is 0.709. The van der Waals surface area contributed by atoms with E-state index in [-0.39, 0.29) is 5.28 Å². The first-order valence-corrected chi connectivity index (χ1v) is 8.44. The Morgan fingerprint density at radius 1 is 1.12 bits per heavy atom. The smallest absolute Gasteiger partial charge is 0.224 e. The van der Waals surface area contributed by atoms with E-state index in [4.69, 9.17) is 23.2 Å². The van der Waals surface area contributed by atoms with E-state index in [9.17, 15) is 0 Å². The van der Waals surface area contributed by atoms with E-state index in [1.165, 1.54) is 11.3 Å². The van der Waals surface area contributed by atoms with Gasteiger partial charge in [-0.1, -0.05) is 23.7 Å². The van der Waals surface area contributed by atoms with Gasteiger partial charge in [-0.2, -0.15) is 5.10 Å². The molecule has 0 bridgehead atoms. The SMILES string of the molecule is Cc1cc(N2CCc3[nH]nc(-c4ccc(Cl)cc4)c3C2)nc(Cl)n1. The molecule has 1 N–H and O–H groups in total. The Labute approximate surface area is 149 Å². The molecule has 0 radical (unpaired) electrons. The number of halogens is 2. The monoisotopic (exact) mass is 359 g/mol. The normalized spacial score (nSPS) is 13.9. The molecule has 0 saturated heterocycles. The zero-order valence-corrected chi connectivity index (χ0v) is 14.6. The van der Waals surface area contributed by atoms with Gasteiger partial charge in [-0.3, -0.25) is 5.10 Å². The lowest BCUT2D eigenvalue weighted by Gasteiger charge is -2.28. The van der Waals surface area contributed by atoms with Crippen LogP contribution >= 0.6 is 23.2 Å². The summed E-state index contributed by atoms with van der Waals surface area (Å²) in [6.45, 7) is 3.52. The molecular formula is C17H15Cl2N5. The fraction of sp³-hybridized carbons (Fsp3) is 0.235. The van der Waals surface area contributed by atoms with Gasteiger partial charge >= 0.3 is 0 Å². The van der Waals surface area contributed by atoms with Gasteiger partial charge in [-0.15, -0.1) is 0 Å². The van der Waals surface area contributed by atoms with Crippen molar-refractivity contribution < 1.29 is 0 Å². The summed E-state index contributed by atoms with van der Waals surface area (Å²) in [5.74, 6) is 0.849. The number of aromatic amines is 1. The van der Waals surface area contributed by atoms with Gasteiger partial charge in [0.1, 0.15) is 5.82 Å². The van der Waals surface area contributed by atoms with Crippen molar-refractivity contribution >= 4 is 29.0 Å². The van der Waals surface area contributed by atoms with Crippen molar-refractivity contribution in [1.82, 2.24) is 20.2 Å². The molecule has 24 heavy (non-hydrogen) atoms. The van der Waals surface area contributed by atoms with Gasteiger partial charge < -0.3 is 4.90 Å². The Balaban J connectivity index is 1.69. The zero-order chi connectivity index (χ0) is 16.7. The number of aromatic nitrogens is 4. The Kier molecular flexibility index (Phi) is 3.90. The summed E-state index contributed by atoms with van der Waals surface area (Å²) in [6, 6.07) is 9.70. The van der Waals surface area contributed by atoms with Crippen LogP contribution in [0.2, 0.25) is 10.3 Å². The molecule has 0 amide bonds. The Morgan fingerprint density at radius 2 is 1.92 bits per heavy atom. The second kappa shape index (κ2) is 6.07. The predicted octanol–water partition coefficient (Wildman–Crippen LogP) is 4.04. The molecule has 1 aliphatic heterocycles. The fourth-order valence-corrected chi connectivity index (χ4v) is 3.36. The summed E-state index contributed by atoms with van der Waals surface area (Å²) in [4.78, 5) is 10.7. The van der Waals surface area contributed by atoms with E-state index in [2.05, 4.69) is 25.1 Å². The van der Waals surface area contributed by atoms with Gasteiger partial charge in [0.15, 0.2) is 0 Å². The second-order valence-electron chi connectivity index (χ2n) is 5.84. The van der Waals surface area contributed by atoms with Gasteiger partial charge in [0.05, 0.1) is 5.69 Å². The minimum absolute atomic E-state index is 0.279. The molecule has 0 fully saturated rings.